The van der Waals surface area contributed by atoms with Gasteiger partial charge in [-0.05, 0) is 31.0 Å². The fourth-order valence-electron chi connectivity index (χ4n) is 1.90. The van der Waals surface area contributed by atoms with E-state index in [2.05, 4.69) is 10.6 Å². The molecule has 0 spiro atoms. The Bertz CT molecular complexity index is 471. The number of benzene rings is 1. The van der Waals surface area contributed by atoms with Crippen molar-refractivity contribution in [2.75, 3.05) is 25.0 Å². The molecule has 0 bridgehead atoms. The van der Waals surface area contributed by atoms with Crippen LogP contribution in [0.1, 0.15) is 22.8 Å². The first-order valence-electron chi connectivity index (χ1n) is 6.01. The van der Waals surface area contributed by atoms with Crippen molar-refractivity contribution in [3.05, 3.63) is 29.3 Å². The van der Waals surface area contributed by atoms with Gasteiger partial charge in [-0.15, -0.1) is 0 Å². The highest BCUT2D eigenvalue weighted by Crippen LogP contribution is 2.22. The van der Waals surface area contributed by atoms with Gasteiger partial charge in [-0.25, -0.2) is 0 Å². The number of amides is 1. The molecule has 1 aliphatic rings. The Balaban J connectivity index is 1.95. The molecule has 5 nitrogen and oxygen atoms in total. The molecule has 0 unspecified atom stereocenters. The van der Waals surface area contributed by atoms with Crippen molar-refractivity contribution in [2.45, 2.75) is 13.3 Å². The number of rotatable bonds is 4. The molecule has 0 saturated carbocycles. The molecule has 18 heavy (non-hydrogen) atoms. The summed E-state index contributed by atoms with van der Waals surface area (Å²) in [6, 6.07) is 5.52. The van der Waals surface area contributed by atoms with E-state index in [0.29, 0.717) is 12.2 Å². The number of hydrogen-bond acceptors (Lipinski definition) is 4. The SMILES string of the molecule is CCOC(=O)CNC(=O)c1ccc2c(c1)NCC2. The van der Waals surface area contributed by atoms with Crippen LogP contribution in [0.4, 0.5) is 5.69 Å². The summed E-state index contributed by atoms with van der Waals surface area (Å²) < 4.78 is 4.74. The summed E-state index contributed by atoms with van der Waals surface area (Å²) in [5.41, 5.74) is 2.77. The second kappa shape index (κ2) is 5.53. The van der Waals surface area contributed by atoms with E-state index in [1.54, 1.807) is 13.0 Å². The second-order valence-corrected chi connectivity index (χ2v) is 4.04. The zero-order valence-electron chi connectivity index (χ0n) is 10.3. The molecule has 1 heterocycles. The van der Waals surface area contributed by atoms with Gasteiger partial charge >= 0.3 is 5.97 Å². The van der Waals surface area contributed by atoms with Crippen LogP contribution in [-0.2, 0) is 16.0 Å². The van der Waals surface area contributed by atoms with Gasteiger partial charge in [0, 0.05) is 17.8 Å². The van der Waals surface area contributed by atoms with Gasteiger partial charge in [0.2, 0.25) is 0 Å². The Morgan fingerprint density at radius 2 is 2.28 bits per heavy atom. The van der Waals surface area contributed by atoms with Crippen LogP contribution in [0.25, 0.3) is 0 Å². The number of anilines is 1. The molecule has 0 aliphatic carbocycles. The molecule has 0 saturated heterocycles. The molecule has 5 heteroatoms. The summed E-state index contributed by atoms with van der Waals surface area (Å²) in [6.07, 6.45) is 0.986. The topological polar surface area (TPSA) is 67.4 Å². The summed E-state index contributed by atoms with van der Waals surface area (Å²) >= 11 is 0. The first-order chi connectivity index (χ1) is 8.70. The zero-order chi connectivity index (χ0) is 13.0. The van der Waals surface area contributed by atoms with Crippen molar-refractivity contribution in [3.63, 3.8) is 0 Å². The second-order valence-electron chi connectivity index (χ2n) is 4.04. The maximum Gasteiger partial charge on any atom is 0.325 e. The monoisotopic (exact) mass is 248 g/mol. The molecular formula is C13H16N2O3. The number of carbonyl (C=O) groups excluding carboxylic acids is 2. The van der Waals surface area contributed by atoms with Gasteiger partial charge in [0.05, 0.1) is 6.61 Å². The molecule has 1 amide bonds. The summed E-state index contributed by atoms with van der Waals surface area (Å²) in [5.74, 6) is -0.690. The molecule has 1 aliphatic heterocycles. The van der Waals surface area contributed by atoms with Crippen LogP contribution in [0, 0.1) is 0 Å². The lowest BCUT2D eigenvalue weighted by atomic mass is 10.1. The van der Waals surface area contributed by atoms with Crippen molar-refractivity contribution >= 4 is 17.6 Å². The first-order valence-corrected chi connectivity index (χ1v) is 6.01. The van der Waals surface area contributed by atoms with E-state index < -0.39 is 5.97 Å². The predicted octanol–water partition coefficient (Wildman–Crippen LogP) is 0.947. The van der Waals surface area contributed by atoms with E-state index in [1.165, 1.54) is 5.56 Å². The molecular weight excluding hydrogens is 232 g/mol. The fourth-order valence-corrected chi connectivity index (χ4v) is 1.90. The summed E-state index contributed by atoms with van der Waals surface area (Å²) in [7, 11) is 0. The van der Waals surface area contributed by atoms with Crippen LogP contribution in [0.2, 0.25) is 0 Å². The number of hydrogen-bond donors (Lipinski definition) is 2. The van der Waals surface area contributed by atoms with Gasteiger partial charge in [-0.3, -0.25) is 9.59 Å². The van der Waals surface area contributed by atoms with Gasteiger partial charge in [0.15, 0.2) is 0 Å². The molecule has 0 radical (unpaired) electrons. The molecule has 0 fully saturated rings. The Morgan fingerprint density at radius 3 is 3.06 bits per heavy atom. The van der Waals surface area contributed by atoms with Crippen molar-refractivity contribution in [1.82, 2.24) is 5.32 Å². The number of esters is 1. The largest absolute Gasteiger partial charge is 0.465 e. The van der Waals surface area contributed by atoms with E-state index >= 15 is 0 Å². The van der Waals surface area contributed by atoms with Crippen molar-refractivity contribution in [3.8, 4) is 0 Å². The third kappa shape index (κ3) is 2.80. The minimum Gasteiger partial charge on any atom is -0.465 e. The minimum atomic E-state index is -0.426. The molecule has 96 valence electrons. The lowest BCUT2D eigenvalue weighted by Gasteiger charge is -2.06. The van der Waals surface area contributed by atoms with Gasteiger partial charge in [0.25, 0.3) is 5.91 Å². The third-order valence-electron chi connectivity index (χ3n) is 2.78. The predicted molar refractivity (Wildman–Crippen MR) is 67.6 cm³/mol. The van der Waals surface area contributed by atoms with Gasteiger partial charge < -0.3 is 15.4 Å². The van der Waals surface area contributed by atoms with Crippen molar-refractivity contribution < 1.29 is 14.3 Å². The van der Waals surface area contributed by atoms with Crippen LogP contribution < -0.4 is 10.6 Å². The Morgan fingerprint density at radius 1 is 1.44 bits per heavy atom. The molecule has 2 rings (SSSR count). The average Bonchev–Trinajstić information content (AvgIpc) is 2.83. The Kier molecular flexibility index (Phi) is 3.82. The quantitative estimate of drug-likeness (QED) is 0.778. The third-order valence-corrected chi connectivity index (χ3v) is 2.78. The highest BCUT2D eigenvalue weighted by atomic mass is 16.5. The summed E-state index contributed by atoms with van der Waals surface area (Å²) in [6.45, 7) is 2.85. The van der Waals surface area contributed by atoms with E-state index in [0.717, 1.165) is 18.7 Å². The molecule has 2 N–H and O–H groups in total. The minimum absolute atomic E-state index is 0.100. The molecule has 0 aromatic heterocycles. The first kappa shape index (κ1) is 12.4. The highest BCUT2D eigenvalue weighted by Gasteiger charge is 2.14. The van der Waals surface area contributed by atoms with Crippen molar-refractivity contribution in [2.24, 2.45) is 0 Å². The lowest BCUT2D eigenvalue weighted by Crippen LogP contribution is -2.30. The smallest absolute Gasteiger partial charge is 0.325 e. The number of nitrogens with one attached hydrogen (secondary N) is 2. The van der Waals surface area contributed by atoms with Gasteiger partial charge in [-0.1, -0.05) is 6.07 Å². The van der Waals surface area contributed by atoms with Gasteiger partial charge in [0.1, 0.15) is 6.54 Å². The number of carbonyl (C=O) groups is 2. The van der Waals surface area contributed by atoms with Crippen molar-refractivity contribution in [1.29, 1.82) is 0 Å². The van der Waals surface area contributed by atoms with Crippen LogP contribution in [0.3, 0.4) is 0 Å². The van der Waals surface area contributed by atoms with Crippen LogP contribution in [0.15, 0.2) is 18.2 Å². The highest BCUT2D eigenvalue weighted by molar-refractivity contribution is 5.97. The normalized spacial score (nSPS) is 12.5. The molecule has 1 aromatic carbocycles. The fraction of sp³-hybridized carbons (Fsp3) is 0.385. The van der Waals surface area contributed by atoms with E-state index in [-0.39, 0.29) is 12.5 Å². The van der Waals surface area contributed by atoms with Gasteiger partial charge in [-0.2, -0.15) is 0 Å². The maximum atomic E-state index is 11.8. The summed E-state index contributed by atoms with van der Waals surface area (Å²) in [5, 5.41) is 5.74. The zero-order valence-corrected chi connectivity index (χ0v) is 10.3. The number of fused-ring (bicyclic) bond motifs is 1. The van der Waals surface area contributed by atoms with E-state index in [1.807, 2.05) is 12.1 Å². The summed E-state index contributed by atoms with van der Waals surface area (Å²) in [4.78, 5) is 22.9. The lowest BCUT2D eigenvalue weighted by molar-refractivity contribution is -0.141. The average molecular weight is 248 g/mol. The Hall–Kier alpha value is -2.04. The van der Waals surface area contributed by atoms with E-state index in [4.69, 9.17) is 4.74 Å². The van der Waals surface area contributed by atoms with Crippen LogP contribution in [0.5, 0.6) is 0 Å². The van der Waals surface area contributed by atoms with E-state index in [9.17, 15) is 9.59 Å². The molecule has 0 atom stereocenters. The van der Waals surface area contributed by atoms with Crippen LogP contribution >= 0.6 is 0 Å². The standard InChI is InChI=1S/C13H16N2O3/c1-2-18-12(16)8-15-13(17)10-4-3-9-5-6-14-11(9)7-10/h3-4,7,14H,2,5-6,8H2,1H3,(H,15,17). The molecule has 1 aromatic rings. The Labute approximate surface area is 106 Å². The van der Waals surface area contributed by atoms with Crippen LogP contribution in [-0.4, -0.2) is 31.6 Å². The number of ether oxygens (including phenoxy) is 1. The maximum absolute atomic E-state index is 11.8.